The van der Waals surface area contributed by atoms with Crippen LogP contribution in [0.5, 0.6) is 5.75 Å². The number of aliphatic carboxylic acids is 2. The van der Waals surface area contributed by atoms with Crippen LogP contribution in [-0.2, 0) is 78.4 Å². The lowest BCUT2D eigenvalue weighted by Gasteiger charge is -2.36. The quantitative estimate of drug-likeness (QED) is 0.115. The molecule has 8 amide bonds. The number of hydrogen-bond acceptors (Lipinski definition) is 15. The van der Waals surface area contributed by atoms with E-state index in [1.807, 2.05) is 24.3 Å². The second-order valence-corrected chi connectivity index (χ2v) is 25.0. The average molecular weight is 1260 g/mol. The van der Waals surface area contributed by atoms with Gasteiger partial charge in [-0.2, -0.15) is 0 Å². The highest BCUT2D eigenvalue weighted by molar-refractivity contribution is 5.99. The molecule has 6 aliphatic heterocycles. The van der Waals surface area contributed by atoms with E-state index in [1.165, 1.54) is 34.1 Å². The Balaban J connectivity index is 1.20. The molecule has 7 aliphatic rings. The fourth-order valence-electron chi connectivity index (χ4n) is 11.9. The van der Waals surface area contributed by atoms with Crippen molar-refractivity contribution in [3.63, 3.8) is 0 Å². The van der Waals surface area contributed by atoms with E-state index < -0.39 is 149 Å². The molecular formula is C66H88N10O15. The van der Waals surface area contributed by atoms with Crippen LogP contribution >= 0.6 is 0 Å². The SMILES string of the molecule is CCC1NC(=O)[C@@H]2C[C@@H](CN2C(=O)[C@@H](NC(=O)[C@H](C)NC)C(C)(C)C)NC(=O)c2ccc(cc2)C[C@@H](C(=O)O)NC(=O)[C@@H]2Cc3ccccc3CC2C(=O)[C@@H]2C[C@@H](CN2C(=O)[C@H](CC)NC(=O)[C@H](C)NC)OC/C=C/COc2ccc(cc2)C[C@@H](C(=O)O)NC1=O. The molecule has 3 aromatic carbocycles. The molecule has 91 heavy (non-hydrogen) atoms. The van der Waals surface area contributed by atoms with Crippen molar-refractivity contribution in [1.82, 2.24) is 52.3 Å². The number of benzene rings is 3. The lowest BCUT2D eigenvalue weighted by atomic mass is 9.71. The molecule has 0 aromatic heterocycles. The second kappa shape index (κ2) is 31.5. The number of carbonyl (C=O) groups is 11. The van der Waals surface area contributed by atoms with Crippen LogP contribution in [-0.4, -0.2) is 192 Å². The predicted octanol–water partition coefficient (Wildman–Crippen LogP) is 1.38. The van der Waals surface area contributed by atoms with Gasteiger partial charge in [0.25, 0.3) is 5.91 Å². The van der Waals surface area contributed by atoms with Crippen molar-refractivity contribution in [2.75, 3.05) is 40.4 Å². The molecule has 0 saturated carbocycles. The molecule has 2 unspecified atom stereocenters. The lowest BCUT2D eigenvalue weighted by molar-refractivity contribution is -0.145. The number of carbonyl (C=O) groups excluding carboxylic acids is 9. The Labute approximate surface area is 530 Å². The summed E-state index contributed by atoms with van der Waals surface area (Å²) in [6, 6.07) is 8.97. The summed E-state index contributed by atoms with van der Waals surface area (Å²) in [6.45, 7) is 11.8. The molecule has 492 valence electrons. The molecule has 2 fully saturated rings. The summed E-state index contributed by atoms with van der Waals surface area (Å²) in [5, 5.41) is 43.1. The van der Waals surface area contributed by atoms with Gasteiger partial charge in [0.05, 0.1) is 36.8 Å². The summed E-state index contributed by atoms with van der Waals surface area (Å²) >= 11 is 0. The van der Waals surface area contributed by atoms with Crippen molar-refractivity contribution in [2.24, 2.45) is 17.3 Å². The maximum Gasteiger partial charge on any atom is 0.326 e. The third-order valence-corrected chi connectivity index (χ3v) is 17.6. The highest BCUT2D eigenvalue weighted by Gasteiger charge is 2.49. The lowest BCUT2D eigenvalue weighted by Crippen LogP contribution is -2.60. The molecule has 10 rings (SSSR count). The Morgan fingerprint density at radius 2 is 1.18 bits per heavy atom. The smallest absolute Gasteiger partial charge is 0.326 e. The Bertz CT molecular complexity index is 3190. The largest absolute Gasteiger partial charge is 0.490 e. The van der Waals surface area contributed by atoms with Crippen LogP contribution in [0, 0.1) is 17.3 Å². The highest BCUT2D eigenvalue weighted by Crippen LogP contribution is 2.36. The van der Waals surface area contributed by atoms with E-state index in [0.29, 0.717) is 16.9 Å². The fourth-order valence-corrected chi connectivity index (χ4v) is 11.9. The van der Waals surface area contributed by atoms with Crippen molar-refractivity contribution in [3.05, 3.63) is 113 Å². The van der Waals surface area contributed by atoms with Crippen molar-refractivity contribution in [3.8, 4) is 5.75 Å². The van der Waals surface area contributed by atoms with Crippen molar-refractivity contribution >= 4 is 65.0 Å². The number of Topliss-reactive ketones (excluding diaryl/α,β-unsaturated/α-hetero) is 1. The number of carboxylic acid groups (broad SMARTS) is 2. The first kappa shape index (κ1) is 69.9. The predicted molar refractivity (Wildman–Crippen MR) is 334 cm³/mol. The second-order valence-electron chi connectivity index (χ2n) is 25.0. The van der Waals surface area contributed by atoms with Crippen molar-refractivity contribution in [2.45, 2.75) is 166 Å². The highest BCUT2D eigenvalue weighted by atomic mass is 16.5. The first-order valence-corrected chi connectivity index (χ1v) is 31.2. The van der Waals surface area contributed by atoms with Gasteiger partial charge in [-0.1, -0.05) is 89.2 Å². The Hall–Kier alpha value is -8.55. The minimum atomic E-state index is -1.50. The summed E-state index contributed by atoms with van der Waals surface area (Å²) < 4.78 is 12.2. The van der Waals surface area contributed by atoms with Crippen LogP contribution in [0.4, 0.5) is 0 Å². The van der Waals surface area contributed by atoms with E-state index in [4.69, 9.17) is 9.47 Å². The number of rotatable bonds is 12. The molecule has 1 aliphatic carbocycles. The van der Waals surface area contributed by atoms with Gasteiger partial charge >= 0.3 is 11.9 Å². The minimum Gasteiger partial charge on any atom is -0.490 e. The number of amides is 8. The van der Waals surface area contributed by atoms with Crippen LogP contribution < -0.4 is 47.3 Å². The Kier molecular flexibility index (Phi) is 24.2. The van der Waals surface area contributed by atoms with Gasteiger partial charge in [-0.25, -0.2) is 9.59 Å². The molecule has 25 nitrogen and oxygen atoms in total. The number of nitrogens with zero attached hydrogens (tertiary/aromatic N) is 2. The van der Waals surface area contributed by atoms with Crippen LogP contribution in [0.25, 0.3) is 0 Å². The van der Waals surface area contributed by atoms with Gasteiger partial charge in [-0.15, -0.1) is 0 Å². The van der Waals surface area contributed by atoms with E-state index >= 15 is 4.79 Å². The normalized spacial score (nSPS) is 25.5. The fraction of sp³-hybridized carbons (Fsp3) is 0.530. The van der Waals surface area contributed by atoms with Gasteiger partial charge in [-0.3, -0.25) is 43.2 Å². The summed E-state index contributed by atoms with van der Waals surface area (Å²) in [7, 11) is 3.20. The number of ether oxygens (including phenoxy) is 2. The van der Waals surface area contributed by atoms with Crippen LogP contribution in [0.15, 0.2) is 84.9 Å². The number of carboxylic acids is 2. The first-order chi connectivity index (χ1) is 43.2. The molecule has 3 aromatic rings. The summed E-state index contributed by atoms with van der Waals surface area (Å²) in [4.78, 5) is 157. The number of fused-ring (bicyclic) bond motifs is 1. The summed E-state index contributed by atoms with van der Waals surface area (Å²) in [6.07, 6.45) is 2.75. The van der Waals surface area contributed by atoms with E-state index in [2.05, 4.69) is 42.5 Å². The van der Waals surface area contributed by atoms with Gasteiger partial charge in [0, 0.05) is 49.9 Å². The minimum absolute atomic E-state index is 0.0123. The zero-order valence-corrected chi connectivity index (χ0v) is 53.2. The maximum absolute atomic E-state index is 15.3. The van der Waals surface area contributed by atoms with E-state index in [0.717, 1.165) is 11.1 Å². The zero-order valence-electron chi connectivity index (χ0n) is 53.2. The summed E-state index contributed by atoms with van der Waals surface area (Å²) in [5.41, 5.74) is 1.82. The molecule has 0 radical (unpaired) electrons. The van der Waals surface area contributed by atoms with E-state index in [-0.39, 0.29) is 83.2 Å². The van der Waals surface area contributed by atoms with Crippen LogP contribution in [0.2, 0.25) is 0 Å². The Morgan fingerprint density at radius 3 is 1.74 bits per heavy atom. The molecule has 6 heterocycles. The molecule has 2 saturated heterocycles. The van der Waals surface area contributed by atoms with E-state index in [9.17, 15) is 58.2 Å². The zero-order chi connectivity index (χ0) is 66.4. The number of likely N-dealkylation sites (N-methyl/N-ethyl adjacent to an activating group) is 2. The molecule has 0 spiro atoms. The number of hydrogen-bond donors (Lipinski definition) is 10. The molecule has 10 N–H and O–H groups in total. The first-order valence-electron chi connectivity index (χ1n) is 31.2. The average Bonchev–Trinajstić information content (AvgIpc) is 1.94. The third-order valence-electron chi connectivity index (χ3n) is 17.6. The standard InChI is InChI=1S/C66H88N10O15/c1-10-48-60(82)73-51(65(88)89)29-39-20-24-44(25-21-39)90-26-14-15-27-91-45-33-52(76(35-45)62(84)49(11-2)71-56(78)36(3)67-8)54(77)46-30-41-16-12-13-17-42(41)31-47(46)59(81)72-50(64(86)87)28-38-18-22-40(23-19-38)58(80)69-43-32-53(61(83)70-48)75(34-43)63(85)55(66(5,6)7)74-57(79)37(4)68-9/h12-25,36-37,43,45-53,55,67-68H,10-11,26-35H2,1-9H3,(H,69,80)(H,70,83)(H,71,78)(H,72,81)(H,73,82)(H,74,79)(H,86,87)(H,88,89)/b15-14+/t36-,37-,43-,45-,46?,47+,48?,49-,50-,51-,52-,53-,55+/m0/s1. The topological polar surface area (TPSA) is 349 Å². The third kappa shape index (κ3) is 17.9. The summed E-state index contributed by atoms with van der Waals surface area (Å²) in [5.74, 6) is -9.68. The van der Waals surface area contributed by atoms with Gasteiger partial charge in [0.15, 0.2) is 5.78 Å². The van der Waals surface area contributed by atoms with Gasteiger partial charge in [0.2, 0.25) is 41.4 Å². The Morgan fingerprint density at radius 1 is 0.626 bits per heavy atom. The molecule has 8 bridgehead atoms. The van der Waals surface area contributed by atoms with Crippen molar-refractivity contribution < 1.29 is 72.4 Å². The van der Waals surface area contributed by atoms with Gasteiger partial charge in [-0.05, 0) is 118 Å². The number of nitrogens with one attached hydrogen (secondary N) is 8. The number of ketones is 1. The van der Waals surface area contributed by atoms with Gasteiger partial charge < -0.3 is 72.0 Å². The van der Waals surface area contributed by atoms with Crippen molar-refractivity contribution in [1.29, 1.82) is 0 Å². The monoisotopic (exact) mass is 1260 g/mol. The van der Waals surface area contributed by atoms with Gasteiger partial charge in [0.1, 0.15) is 48.6 Å². The van der Waals surface area contributed by atoms with E-state index in [1.54, 1.807) is 99.0 Å². The van der Waals surface area contributed by atoms with Crippen LogP contribution in [0.3, 0.4) is 0 Å². The molecule has 25 heteroatoms. The number of likely N-dealkylation sites (tertiary alicyclic amines) is 2. The maximum atomic E-state index is 15.3. The molecule has 13 atom stereocenters. The molecular weight excluding hydrogens is 1170 g/mol. The van der Waals surface area contributed by atoms with Crippen LogP contribution in [0.1, 0.15) is 107 Å².